The summed E-state index contributed by atoms with van der Waals surface area (Å²) < 4.78 is 5.41. The minimum atomic E-state index is -0.782. The lowest BCUT2D eigenvalue weighted by molar-refractivity contribution is -0.140. The van der Waals surface area contributed by atoms with Crippen molar-refractivity contribution >= 4 is 29.1 Å². The van der Waals surface area contributed by atoms with E-state index in [1.54, 1.807) is 49.6 Å². The average molecular weight is 435 g/mol. The fraction of sp³-hybridized carbons (Fsp3) is 0.125. The zero-order valence-corrected chi connectivity index (χ0v) is 17.4. The van der Waals surface area contributed by atoms with Gasteiger partial charge in [-0.1, -0.05) is 41.9 Å². The third-order valence-corrected chi connectivity index (χ3v) is 5.46. The normalized spacial score (nSPS) is 17.7. The van der Waals surface area contributed by atoms with Gasteiger partial charge in [-0.15, -0.1) is 0 Å². The Morgan fingerprint density at radius 3 is 2.42 bits per heavy atom. The van der Waals surface area contributed by atoms with E-state index >= 15 is 0 Å². The van der Waals surface area contributed by atoms with E-state index < -0.39 is 17.7 Å². The maximum absolute atomic E-state index is 13.1. The van der Waals surface area contributed by atoms with Crippen LogP contribution < -0.4 is 4.74 Å². The number of carbonyl (C=O) groups excluding carboxylic acids is 2. The molecule has 0 spiro atoms. The van der Waals surface area contributed by atoms with Gasteiger partial charge in [0.2, 0.25) is 0 Å². The van der Waals surface area contributed by atoms with Gasteiger partial charge in [-0.2, -0.15) is 0 Å². The summed E-state index contributed by atoms with van der Waals surface area (Å²) >= 11 is 6.04. The van der Waals surface area contributed by atoms with E-state index in [2.05, 4.69) is 4.98 Å². The standard InChI is InChI=1S/C24H19ClN2O4/c1-31-19-5-3-2-4-17(19)14-27-21(15-6-8-18(25)9-7-15)20(23(29)24(27)30)22(28)16-10-12-26-13-11-16/h2-13,21,28H,14H2,1H3/b22-20+. The maximum atomic E-state index is 13.1. The van der Waals surface area contributed by atoms with Crippen LogP contribution in [0.5, 0.6) is 5.75 Å². The number of carbonyl (C=O) groups is 2. The number of methoxy groups -OCH3 is 1. The molecule has 0 saturated carbocycles. The van der Waals surface area contributed by atoms with Gasteiger partial charge in [0.1, 0.15) is 11.5 Å². The summed E-state index contributed by atoms with van der Waals surface area (Å²) in [6.07, 6.45) is 3.02. The number of ether oxygens (including phenoxy) is 1. The van der Waals surface area contributed by atoms with Crippen LogP contribution in [0.3, 0.4) is 0 Å². The number of amides is 1. The van der Waals surface area contributed by atoms with E-state index in [0.29, 0.717) is 21.9 Å². The Hall–Kier alpha value is -3.64. The third kappa shape index (κ3) is 3.90. The molecule has 2 aromatic carbocycles. The molecule has 6 nitrogen and oxygen atoms in total. The second kappa shape index (κ2) is 8.62. The summed E-state index contributed by atoms with van der Waals surface area (Å²) in [5.41, 5.74) is 1.83. The molecular formula is C24H19ClN2O4. The molecule has 1 N–H and O–H groups in total. The lowest BCUT2D eigenvalue weighted by Gasteiger charge is -2.26. The summed E-state index contributed by atoms with van der Waals surface area (Å²) in [5.74, 6) is -1.08. The summed E-state index contributed by atoms with van der Waals surface area (Å²) in [6.45, 7) is 0.134. The number of pyridine rings is 1. The minimum Gasteiger partial charge on any atom is -0.507 e. The molecule has 1 fully saturated rings. The van der Waals surface area contributed by atoms with Crippen LogP contribution in [0.2, 0.25) is 5.02 Å². The average Bonchev–Trinajstić information content (AvgIpc) is 3.05. The smallest absolute Gasteiger partial charge is 0.295 e. The maximum Gasteiger partial charge on any atom is 0.295 e. The van der Waals surface area contributed by atoms with Gasteiger partial charge >= 0.3 is 0 Å². The first-order chi connectivity index (χ1) is 15.0. The molecule has 0 aliphatic carbocycles. The highest BCUT2D eigenvalue weighted by Gasteiger charge is 2.46. The molecule has 4 rings (SSSR count). The van der Waals surface area contributed by atoms with E-state index in [9.17, 15) is 14.7 Å². The Morgan fingerprint density at radius 1 is 1.06 bits per heavy atom. The van der Waals surface area contributed by atoms with Gasteiger partial charge in [0.15, 0.2) is 0 Å². The van der Waals surface area contributed by atoms with Gasteiger partial charge in [0, 0.05) is 28.5 Å². The van der Waals surface area contributed by atoms with Crippen molar-refractivity contribution in [3.8, 4) is 5.75 Å². The number of halogens is 1. The number of ketones is 1. The number of para-hydroxylation sites is 1. The molecule has 1 saturated heterocycles. The summed E-state index contributed by atoms with van der Waals surface area (Å²) in [6, 6.07) is 16.5. The Morgan fingerprint density at radius 2 is 1.74 bits per heavy atom. The molecule has 156 valence electrons. The zero-order valence-electron chi connectivity index (χ0n) is 16.7. The molecule has 1 amide bonds. The third-order valence-electron chi connectivity index (χ3n) is 5.21. The van der Waals surface area contributed by atoms with Gasteiger partial charge in [-0.3, -0.25) is 14.6 Å². The van der Waals surface area contributed by atoms with Crippen LogP contribution in [0.4, 0.5) is 0 Å². The molecule has 1 aliphatic rings. The lowest BCUT2D eigenvalue weighted by Crippen LogP contribution is -2.29. The minimum absolute atomic E-state index is 0.0217. The van der Waals surface area contributed by atoms with E-state index in [1.165, 1.54) is 17.3 Å². The number of benzene rings is 2. The van der Waals surface area contributed by atoms with Gasteiger partial charge in [-0.25, -0.2) is 0 Å². The fourth-order valence-electron chi connectivity index (χ4n) is 3.72. The van der Waals surface area contributed by atoms with E-state index in [4.69, 9.17) is 16.3 Å². The molecular weight excluding hydrogens is 416 g/mol. The fourth-order valence-corrected chi connectivity index (χ4v) is 3.84. The van der Waals surface area contributed by atoms with Crippen LogP contribution >= 0.6 is 11.6 Å². The van der Waals surface area contributed by atoms with Crippen LogP contribution in [-0.2, 0) is 16.1 Å². The van der Waals surface area contributed by atoms with Crippen molar-refractivity contribution in [2.45, 2.75) is 12.6 Å². The highest BCUT2D eigenvalue weighted by molar-refractivity contribution is 6.46. The van der Waals surface area contributed by atoms with Crippen LogP contribution in [-0.4, -0.2) is 33.8 Å². The van der Waals surface area contributed by atoms with Crippen molar-refractivity contribution in [3.05, 3.63) is 100 Å². The first-order valence-electron chi connectivity index (χ1n) is 9.57. The Labute approximate surface area is 184 Å². The SMILES string of the molecule is COc1ccccc1CN1C(=O)C(=O)/C(=C(/O)c2ccncc2)C1c1ccc(Cl)cc1. The summed E-state index contributed by atoms with van der Waals surface area (Å²) in [5, 5.41) is 11.5. The quantitative estimate of drug-likeness (QED) is 0.366. The summed E-state index contributed by atoms with van der Waals surface area (Å²) in [7, 11) is 1.55. The molecule has 31 heavy (non-hydrogen) atoms. The number of likely N-dealkylation sites (tertiary alicyclic amines) is 1. The molecule has 1 unspecified atom stereocenters. The number of aliphatic hydroxyl groups is 1. The molecule has 1 aromatic heterocycles. The zero-order chi connectivity index (χ0) is 22.0. The molecule has 1 aliphatic heterocycles. The van der Waals surface area contributed by atoms with Crippen LogP contribution in [0.1, 0.15) is 22.7 Å². The van der Waals surface area contributed by atoms with E-state index in [-0.39, 0.29) is 17.9 Å². The molecule has 0 bridgehead atoms. The topological polar surface area (TPSA) is 79.7 Å². The van der Waals surface area contributed by atoms with Crippen molar-refractivity contribution in [1.29, 1.82) is 0 Å². The van der Waals surface area contributed by atoms with Crippen LogP contribution in [0.25, 0.3) is 5.76 Å². The van der Waals surface area contributed by atoms with Crippen molar-refractivity contribution in [2.24, 2.45) is 0 Å². The largest absolute Gasteiger partial charge is 0.507 e. The molecule has 0 radical (unpaired) electrons. The van der Waals surface area contributed by atoms with Crippen molar-refractivity contribution in [3.63, 3.8) is 0 Å². The van der Waals surface area contributed by atoms with Crippen molar-refractivity contribution in [2.75, 3.05) is 7.11 Å². The second-order valence-electron chi connectivity index (χ2n) is 7.03. The number of hydrogen-bond acceptors (Lipinski definition) is 5. The predicted octanol–water partition coefficient (Wildman–Crippen LogP) is 4.37. The van der Waals surface area contributed by atoms with Gasteiger partial charge < -0.3 is 14.7 Å². The molecule has 7 heteroatoms. The summed E-state index contributed by atoms with van der Waals surface area (Å²) in [4.78, 5) is 31.5. The number of Topliss-reactive ketones (excluding diaryl/α,β-unsaturated/α-hetero) is 1. The number of nitrogens with zero attached hydrogens (tertiary/aromatic N) is 2. The first kappa shape index (κ1) is 20.6. The first-order valence-corrected chi connectivity index (χ1v) is 9.95. The monoisotopic (exact) mass is 434 g/mol. The number of aliphatic hydroxyl groups excluding tert-OH is 1. The Kier molecular flexibility index (Phi) is 5.73. The van der Waals surface area contributed by atoms with Crippen LogP contribution in [0, 0.1) is 0 Å². The molecule has 1 atom stereocenters. The van der Waals surface area contributed by atoms with E-state index in [0.717, 1.165) is 5.56 Å². The van der Waals surface area contributed by atoms with Crippen molar-refractivity contribution in [1.82, 2.24) is 9.88 Å². The lowest BCUT2D eigenvalue weighted by atomic mass is 9.95. The number of aromatic nitrogens is 1. The van der Waals surface area contributed by atoms with Crippen LogP contribution in [0.15, 0.2) is 78.6 Å². The number of rotatable bonds is 5. The Bertz CT molecular complexity index is 1160. The van der Waals surface area contributed by atoms with Crippen molar-refractivity contribution < 1.29 is 19.4 Å². The van der Waals surface area contributed by atoms with E-state index in [1.807, 2.05) is 18.2 Å². The molecule has 2 heterocycles. The van der Waals surface area contributed by atoms with Gasteiger partial charge in [0.05, 0.1) is 25.3 Å². The van der Waals surface area contributed by atoms with Gasteiger partial charge in [-0.05, 0) is 35.9 Å². The number of hydrogen-bond donors (Lipinski definition) is 1. The highest BCUT2D eigenvalue weighted by atomic mass is 35.5. The predicted molar refractivity (Wildman–Crippen MR) is 117 cm³/mol. The van der Waals surface area contributed by atoms with Gasteiger partial charge in [0.25, 0.3) is 11.7 Å². The second-order valence-corrected chi connectivity index (χ2v) is 7.46. The highest BCUT2D eigenvalue weighted by Crippen LogP contribution is 2.41. The molecule has 3 aromatic rings. The Balaban J connectivity index is 1.86.